The number of carbonyl (C=O) groups excluding carboxylic acids is 3. The molecule has 242 valence electrons. The van der Waals surface area contributed by atoms with E-state index >= 15 is 0 Å². The zero-order chi connectivity index (χ0) is 32.4. The smallest absolute Gasteiger partial charge is 0.407 e. The highest BCUT2D eigenvalue weighted by molar-refractivity contribution is 5.89. The third kappa shape index (κ3) is 11.2. The Kier molecular flexibility index (Phi) is 12.8. The number of piperidine rings is 1. The normalized spacial score (nSPS) is 17.0. The van der Waals surface area contributed by atoms with Gasteiger partial charge in [-0.2, -0.15) is 0 Å². The molecule has 5 N–H and O–H groups in total. The summed E-state index contributed by atoms with van der Waals surface area (Å²) in [6.45, 7) is 12.3. The fourth-order valence-electron chi connectivity index (χ4n) is 5.46. The van der Waals surface area contributed by atoms with Gasteiger partial charge in [0.25, 0.3) is 0 Å². The highest BCUT2D eigenvalue weighted by Gasteiger charge is 2.35. The van der Waals surface area contributed by atoms with Crippen LogP contribution in [0.1, 0.15) is 70.6 Å². The Morgan fingerprint density at radius 2 is 1.55 bits per heavy atom. The Balaban J connectivity index is 1.84. The lowest BCUT2D eigenvalue weighted by Gasteiger charge is -2.35. The van der Waals surface area contributed by atoms with Gasteiger partial charge in [0.05, 0.1) is 12.1 Å². The minimum absolute atomic E-state index is 0.0740. The zero-order valence-electron chi connectivity index (χ0n) is 27.2. The van der Waals surface area contributed by atoms with Gasteiger partial charge in [0.1, 0.15) is 11.6 Å². The molecule has 2 aromatic carbocycles. The van der Waals surface area contributed by atoms with Gasteiger partial charge in [-0.3, -0.25) is 9.59 Å². The van der Waals surface area contributed by atoms with Crippen LogP contribution < -0.4 is 16.4 Å². The number of nitrogens with zero attached hydrogens (tertiary/aromatic N) is 1. The van der Waals surface area contributed by atoms with Gasteiger partial charge in [0, 0.05) is 25.0 Å². The summed E-state index contributed by atoms with van der Waals surface area (Å²) < 4.78 is 5.49. The predicted molar refractivity (Wildman–Crippen MR) is 173 cm³/mol. The monoisotopic (exact) mass is 608 g/mol. The number of alkyl carbamates (subject to hydrolysis) is 1. The first kappa shape index (κ1) is 35.1. The Morgan fingerprint density at radius 1 is 0.955 bits per heavy atom. The molecule has 1 aliphatic rings. The number of hydrogen-bond donors (Lipinski definition) is 4. The van der Waals surface area contributed by atoms with Crippen molar-refractivity contribution in [3.8, 4) is 0 Å². The molecule has 0 radical (unpaired) electrons. The molecule has 4 atom stereocenters. The van der Waals surface area contributed by atoms with Gasteiger partial charge in [-0.25, -0.2) is 4.79 Å². The molecule has 44 heavy (non-hydrogen) atoms. The second-order valence-electron chi connectivity index (χ2n) is 13.5. The Labute approximate surface area is 262 Å². The molecule has 0 saturated carbocycles. The predicted octanol–water partition coefficient (Wildman–Crippen LogP) is 4.13. The van der Waals surface area contributed by atoms with Crippen LogP contribution in [0.15, 0.2) is 54.6 Å². The third-order valence-electron chi connectivity index (χ3n) is 8.05. The number of hydrogen-bond acceptors (Lipinski definition) is 6. The number of aliphatic hydroxyl groups is 1. The molecule has 1 fully saturated rings. The van der Waals surface area contributed by atoms with Gasteiger partial charge >= 0.3 is 6.09 Å². The maximum Gasteiger partial charge on any atom is 0.407 e. The van der Waals surface area contributed by atoms with E-state index in [1.54, 1.807) is 25.7 Å². The average molecular weight is 609 g/mol. The van der Waals surface area contributed by atoms with Crippen LogP contribution in [0.3, 0.4) is 0 Å². The van der Waals surface area contributed by atoms with Crippen molar-refractivity contribution in [2.24, 2.45) is 17.6 Å². The number of nitrogens with one attached hydrogen (secondary N) is 2. The highest BCUT2D eigenvalue weighted by Crippen LogP contribution is 2.21. The van der Waals surface area contributed by atoms with E-state index in [0.29, 0.717) is 25.9 Å². The van der Waals surface area contributed by atoms with Gasteiger partial charge in [-0.05, 0) is 76.8 Å². The maximum atomic E-state index is 14.0. The van der Waals surface area contributed by atoms with Crippen LogP contribution in [0.25, 0.3) is 0 Å². The summed E-state index contributed by atoms with van der Waals surface area (Å²) in [4.78, 5) is 42.1. The summed E-state index contributed by atoms with van der Waals surface area (Å²) in [7, 11) is 0. The molecule has 0 aliphatic carbocycles. The van der Waals surface area contributed by atoms with Crippen LogP contribution in [-0.4, -0.2) is 70.8 Å². The quantitative estimate of drug-likeness (QED) is 0.286. The molecule has 1 heterocycles. The summed E-state index contributed by atoms with van der Waals surface area (Å²) in [5, 5.41) is 17.5. The number of nitrogens with two attached hydrogens (primary N) is 1. The lowest BCUT2D eigenvalue weighted by Crippen LogP contribution is -2.55. The third-order valence-corrected chi connectivity index (χ3v) is 8.05. The standard InChI is InChI=1S/C35H52N4O5/c1-23(2)31(33(42)39-18-16-28(36)17-19-39)38-32(41)27(20-26-14-12-24(3)13-15-26)22-30(40)29(21-25-10-8-7-9-11-25)37-34(43)44-35(4,5)6/h7-15,23,27-31,40H,16-22,36H2,1-6H3,(H,37,43)(H,38,41)/t27-,29+,30+,31+/m1/s1. The number of aliphatic hydroxyl groups excluding tert-OH is 1. The van der Waals surface area contributed by atoms with E-state index in [9.17, 15) is 19.5 Å². The Hall–Kier alpha value is -3.43. The second kappa shape index (κ2) is 16.0. The van der Waals surface area contributed by atoms with E-state index in [2.05, 4.69) is 10.6 Å². The lowest BCUT2D eigenvalue weighted by molar-refractivity contribution is -0.139. The SMILES string of the molecule is Cc1ccc(C[C@H](C[C@H](O)[C@H](Cc2ccccc2)NC(=O)OC(C)(C)C)C(=O)N[C@H](C(=O)N2CCC(N)CC2)C(C)C)cc1. The molecule has 3 amide bonds. The molecule has 0 unspecified atom stereocenters. The van der Waals surface area contributed by atoms with E-state index in [0.717, 1.165) is 29.5 Å². The largest absolute Gasteiger partial charge is 0.444 e. The van der Waals surface area contributed by atoms with E-state index in [-0.39, 0.29) is 30.2 Å². The molecule has 0 aromatic heterocycles. The minimum Gasteiger partial charge on any atom is -0.444 e. The van der Waals surface area contributed by atoms with Crippen molar-refractivity contribution in [1.29, 1.82) is 0 Å². The summed E-state index contributed by atoms with van der Waals surface area (Å²) in [6.07, 6.45) is 0.560. The summed E-state index contributed by atoms with van der Waals surface area (Å²) in [5.74, 6) is -1.20. The van der Waals surface area contributed by atoms with E-state index in [4.69, 9.17) is 10.5 Å². The number of benzene rings is 2. The summed E-state index contributed by atoms with van der Waals surface area (Å²) in [5.41, 5.74) is 8.32. The van der Waals surface area contributed by atoms with Crippen LogP contribution in [0.4, 0.5) is 4.79 Å². The Bertz CT molecular complexity index is 1200. The van der Waals surface area contributed by atoms with Gasteiger partial charge in [0.15, 0.2) is 0 Å². The van der Waals surface area contributed by atoms with Crippen molar-refractivity contribution >= 4 is 17.9 Å². The highest BCUT2D eigenvalue weighted by atomic mass is 16.6. The molecule has 0 spiro atoms. The first-order valence-electron chi connectivity index (χ1n) is 15.8. The molecule has 1 aliphatic heterocycles. The van der Waals surface area contributed by atoms with Gasteiger partial charge < -0.3 is 31.1 Å². The zero-order valence-corrected chi connectivity index (χ0v) is 27.2. The Morgan fingerprint density at radius 3 is 2.11 bits per heavy atom. The number of likely N-dealkylation sites (tertiary alicyclic amines) is 1. The van der Waals surface area contributed by atoms with Gasteiger partial charge in [-0.15, -0.1) is 0 Å². The first-order chi connectivity index (χ1) is 20.7. The summed E-state index contributed by atoms with van der Waals surface area (Å²) >= 11 is 0. The molecular formula is C35H52N4O5. The molecule has 0 bridgehead atoms. The average Bonchev–Trinajstić information content (AvgIpc) is 2.95. The molecule has 9 heteroatoms. The van der Waals surface area contributed by atoms with E-state index in [1.807, 2.05) is 75.4 Å². The van der Waals surface area contributed by atoms with Crippen LogP contribution in [0.5, 0.6) is 0 Å². The van der Waals surface area contributed by atoms with Gasteiger partial charge in [0.2, 0.25) is 11.8 Å². The number of carbonyl (C=O) groups is 3. The lowest BCUT2D eigenvalue weighted by atomic mass is 9.88. The van der Waals surface area contributed by atoms with E-state index in [1.165, 1.54) is 0 Å². The van der Waals surface area contributed by atoms with Crippen LogP contribution >= 0.6 is 0 Å². The van der Waals surface area contributed by atoms with Crippen molar-refractivity contribution in [3.05, 3.63) is 71.3 Å². The minimum atomic E-state index is -1.07. The van der Waals surface area contributed by atoms with Crippen LogP contribution in [0, 0.1) is 18.8 Å². The number of aryl methyl sites for hydroxylation is 1. The van der Waals surface area contributed by atoms with Crippen molar-refractivity contribution in [1.82, 2.24) is 15.5 Å². The van der Waals surface area contributed by atoms with Gasteiger partial charge in [-0.1, -0.05) is 74.0 Å². The van der Waals surface area contributed by atoms with Crippen LogP contribution in [0.2, 0.25) is 0 Å². The number of rotatable bonds is 12. The number of amides is 3. The molecule has 9 nitrogen and oxygen atoms in total. The van der Waals surface area contributed by atoms with E-state index < -0.39 is 35.8 Å². The number of ether oxygens (including phenoxy) is 1. The van der Waals surface area contributed by atoms with Crippen molar-refractivity contribution in [2.75, 3.05) is 13.1 Å². The first-order valence-corrected chi connectivity index (χ1v) is 15.8. The summed E-state index contributed by atoms with van der Waals surface area (Å²) in [6, 6.07) is 16.2. The van der Waals surface area contributed by atoms with Crippen molar-refractivity contribution in [3.63, 3.8) is 0 Å². The van der Waals surface area contributed by atoms with Crippen LogP contribution in [-0.2, 0) is 27.2 Å². The molecular weight excluding hydrogens is 556 g/mol. The van der Waals surface area contributed by atoms with Crippen molar-refractivity contribution in [2.45, 2.75) is 103 Å². The molecule has 3 rings (SSSR count). The van der Waals surface area contributed by atoms with Crippen molar-refractivity contribution < 1.29 is 24.2 Å². The fraction of sp³-hybridized carbons (Fsp3) is 0.571. The fourth-order valence-corrected chi connectivity index (χ4v) is 5.46. The topological polar surface area (TPSA) is 134 Å². The maximum absolute atomic E-state index is 14.0. The molecule has 2 aromatic rings. The molecule has 1 saturated heterocycles. The second-order valence-corrected chi connectivity index (χ2v) is 13.5.